The van der Waals surface area contributed by atoms with E-state index in [1.54, 1.807) is 18.2 Å². The Bertz CT molecular complexity index is 917. The van der Waals surface area contributed by atoms with E-state index in [0.29, 0.717) is 0 Å². The van der Waals surface area contributed by atoms with E-state index in [9.17, 15) is 19.7 Å². The normalized spacial score (nSPS) is 12.2. The molecule has 2 aromatic rings. The highest BCUT2D eigenvalue weighted by Gasteiger charge is 2.35. The maximum atomic E-state index is 12.2. The van der Waals surface area contributed by atoms with E-state index >= 15 is 0 Å². The number of alkyl halides is 3. The Morgan fingerprint density at radius 1 is 1.03 bits per heavy atom. The summed E-state index contributed by atoms with van der Waals surface area (Å²) in [5, 5.41) is 17.8. The molecule has 0 aromatic heterocycles. The number of nitrogens with one attached hydrogen (secondary N) is 3. The van der Waals surface area contributed by atoms with Gasteiger partial charge in [-0.05, 0) is 17.7 Å². The van der Waals surface area contributed by atoms with E-state index in [0.717, 1.165) is 11.6 Å². The van der Waals surface area contributed by atoms with Gasteiger partial charge in [0.2, 0.25) is 9.70 Å². The number of hydrogen-bond donors (Lipinski definition) is 3. The van der Waals surface area contributed by atoms with Crippen molar-refractivity contribution >= 4 is 64.2 Å². The number of anilines is 1. The van der Waals surface area contributed by atoms with Crippen molar-refractivity contribution in [2.45, 2.75) is 9.96 Å². The second-order valence-corrected chi connectivity index (χ2v) is 8.00. The molecule has 0 heterocycles. The van der Waals surface area contributed by atoms with Gasteiger partial charge in [0, 0.05) is 23.9 Å². The van der Waals surface area contributed by atoms with Crippen LogP contribution in [-0.4, -0.2) is 26.8 Å². The van der Waals surface area contributed by atoms with Crippen LogP contribution in [0.2, 0.25) is 0 Å². The quantitative estimate of drug-likeness (QED) is 0.198. The van der Waals surface area contributed by atoms with E-state index in [2.05, 4.69) is 16.0 Å². The number of urea groups is 1. The minimum absolute atomic E-state index is 0.148. The topological polar surface area (TPSA) is 113 Å². The summed E-state index contributed by atoms with van der Waals surface area (Å²) in [7, 11) is 0. The zero-order valence-electron chi connectivity index (χ0n) is 14.6. The molecule has 29 heavy (non-hydrogen) atoms. The van der Waals surface area contributed by atoms with Crippen molar-refractivity contribution in [2.24, 2.45) is 0 Å². The molecule has 0 aliphatic rings. The van der Waals surface area contributed by atoms with Crippen molar-refractivity contribution in [3.63, 3.8) is 0 Å². The van der Waals surface area contributed by atoms with Gasteiger partial charge in [0.25, 0.3) is 5.69 Å². The molecule has 11 heteroatoms. The Morgan fingerprint density at radius 3 is 2.34 bits per heavy atom. The van der Waals surface area contributed by atoms with Crippen LogP contribution in [-0.2, 0) is 4.79 Å². The molecule has 2 aromatic carbocycles. The zero-order valence-corrected chi connectivity index (χ0v) is 16.9. The Hall–Kier alpha value is -2.81. The first-order chi connectivity index (χ1) is 13.6. The van der Waals surface area contributed by atoms with Gasteiger partial charge in [0.05, 0.1) is 4.92 Å². The number of non-ortho nitro benzene ring substituents is 1. The molecular formula is C18H15Cl3N4O4. The minimum atomic E-state index is -2.06. The summed E-state index contributed by atoms with van der Waals surface area (Å²) in [6.07, 6.45) is 1.39. The minimum Gasteiger partial charge on any atom is -0.329 e. The molecule has 8 nitrogen and oxygen atoms in total. The van der Waals surface area contributed by atoms with Crippen LogP contribution in [0.25, 0.3) is 6.08 Å². The first-order valence-electron chi connectivity index (χ1n) is 8.07. The highest BCUT2D eigenvalue weighted by molar-refractivity contribution is 6.68. The number of amides is 3. The Balaban J connectivity index is 2.02. The number of carbonyl (C=O) groups excluding carboxylic acids is 2. The molecule has 0 saturated heterocycles. The molecule has 0 fully saturated rings. The molecule has 1 unspecified atom stereocenters. The molecule has 3 amide bonds. The number of nitro benzene ring substituents is 1. The molecule has 1 atom stereocenters. The summed E-state index contributed by atoms with van der Waals surface area (Å²) in [4.78, 5) is 34.5. The lowest BCUT2D eigenvalue weighted by molar-refractivity contribution is -0.384. The number of nitro groups is 1. The van der Waals surface area contributed by atoms with Crippen LogP contribution in [0.5, 0.6) is 0 Å². The molecule has 2 rings (SSSR count). The molecule has 0 aliphatic heterocycles. The highest BCUT2D eigenvalue weighted by atomic mass is 35.6. The van der Waals surface area contributed by atoms with Crippen LogP contribution in [0.3, 0.4) is 0 Å². The van der Waals surface area contributed by atoms with Crippen LogP contribution in [0.15, 0.2) is 60.7 Å². The Kier molecular flexibility index (Phi) is 7.83. The second kappa shape index (κ2) is 10.1. The van der Waals surface area contributed by atoms with Gasteiger partial charge in [-0.3, -0.25) is 14.9 Å². The smallest absolute Gasteiger partial charge is 0.320 e. The maximum absolute atomic E-state index is 12.2. The average Bonchev–Trinajstić information content (AvgIpc) is 2.66. The molecule has 0 aliphatic carbocycles. The average molecular weight is 458 g/mol. The zero-order chi connectivity index (χ0) is 21.4. The third-order valence-electron chi connectivity index (χ3n) is 3.43. The van der Waals surface area contributed by atoms with Gasteiger partial charge in [-0.2, -0.15) is 0 Å². The molecule has 0 spiro atoms. The fraction of sp³-hybridized carbons (Fsp3) is 0.111. The van der Waals surface area contributed by atoms with Gasteiger partial charge in [-0.25, -0.2) is 4.79 Å². The second-order valence-electron chi connectivity index (χ2n) is 5.63. The van der Waals surface area contributed by atoms with E-state index in [1.807, 2.05) is 18.2 Å². The third kappa shape index (κ3) is 7.61. The van der Waals surface area contributed by atoms with E-state index < -0.39 is 26.8 Å². The number of carbonyl (C=O) groups is 2. The summed E-state index contributed by atoms with van der Waals surface area (Å²) in [6.45, 7) is 0. The number of halogens is 3. The summed E-state index contributed by atoms with van der Waals surface area (Å²) in [6, 6.07) is 13.5. The van der Waals surface area contributed by atoms with Gasteiger partial charge in [0.1, 0.15) is 0 Å². The van der Waals surface area contributed by atoms with Crippen molar-refractivity contribution in [2.75, 3.05) is 5.32 Å². The molecule has 0 bridgehead atoms. The van der Waals surface area contributed by atoms with Crippen LogP contribution < -0.4 is 16.0 Å². The van der Waals surface area contributed by atoms with Gasteiger partial charge in [-0.1, -0.05) is 71.2 Å². The number of benzene rings is 2. The Morgan fingerprint density at radius 2 is 1.72 bits per heavy atom. The van der Waals surface area contributed by atoms with Crippen LogP contribution in [0.1, 0.15) is 5.56 Å². The lowest BCUT2D eigenvalue weighted by atomic mass is 10.2. The lowest BCUT2D eigenvalue weighted by Gasteiger charge is -2.26. The van der Waals surface area contributed by atoms with Crippen molar-refractivity contribution < 1.29 is 14.5 Å². The molecular weight excluding hydrogens is 443 g/mol. The van der Waals surface area contributed by atoms with Gasteiger partial charge >= 0.3 is 6.03 Å². The maximum Gasteiger partial charge on any atom is 0.320 e. The van der Waals surface area contributed by atoms with Gasteiger partial charge in [0.15, 0.2) is 6.17 Å². The molecule has 152 valence electrons. The van der Waals surface area contributed by atoms with Crippen molar-refractivity contribution in [1.29, 1.82) is 0 Å². The fourth-order valence-electron chi connectivity index (χ4n) is 2.12. The predicted molar refractivity (Wildman–Crippen MR) is 113 cm³/mol. The monoisotopic (exact) mass is 456 g/mol. The van der Waals surface area contributed by atoms with Crippen molar-refractivity contribution in [3.8, 4) is 0 Å². The summed E-state index contributed by atoms with van der Waals surface area (Å²) in [5.74, 6) is -0.610. The Labute approximate surface area is 181 Å². The van der Waals surface area contributed by atoms with E-state index in [-0.39, 0.29) is 11.4 Å². The first kappa shape index (κ1) is 22.5. The molecule has 3 N–H and O–H groups in total. The van der Waals surface area contributed by atoms with Crippen LogP contribution >= 0.6 is 34.8 Å². The largest absolute Gasteiger partial charge is 0.329 e. The van der Waals surface area contributed by atoms with Crippen molar-refractivity contribution in [3.05, 3.63) is 76.4 Å². The molecule has 0 radical (unpaired) electrons. The number of hydrogen-bond acceptors (Lipinski definition) is 4. The number of rotatable bonds is 6. The standard InChI is InChI=1S/C18H15Cl3N4O4/c19-18(20,21)16(23-15(26)10-9-12-5-2-1-3-6-12)24-17(27)22-13-7-4-8-14(11-13)25(28)29/h1-11,16H,(H,23,26)(H2,22,24,27). The summed E-state index contributed by atoms with van der Waals surface area (Å²) < 4.78 is -2.06. The van der Waals surface area contributed by atoms with Gasteiger partial charge in [-0.15, -0.1) is 0 Å². The van der Waals surface area contributed by atoms with Crippen molar-refractivity contribution in [1.82, 2.24) is 10.6 Å². The fourth-order valence-corrected chi connectivity index (χ4v) is 2.45. The van der Waals surface area contributed by atoms with Crippen LogP contribution in [0, 0.1) is 10.1 Å². The predicted octanol–water partition coefficient (Wildman–Crippen LogP) is 4.24. The summed E-state index contributed by atoms with van der Waals surface area (Å²) >= 11 is 17.5. The van der Waals surface area contributed by atoms with E-state index in [4.69, 9.17) is 34.8 Å². The highest BCUT2D eigenvalue weighted by Crippen LogP contribution is 2.29. The SMILES string of the molecule is O=C(C=Cc1ccccc1)NC(NC(=O)Nc1cccc([N+](=O)[O-])c1)C(Cl)(Cl)Cl. The third-order valence-corrected chi connectivity index (χ3v) is 4.09. The first-order valence-corrected chi connectivity index (χ1v) is 9.21. The summed E-state index contributed by atoms with van der Waals surface area (Å²) in [5.41, 5.74) is 0.722. The van der Waals surface area contributed by atoms with Crippen LogP contribution in [0.4, 0.5) is 16.2 Å². The van der Waals surface area contributed by atoms with E-state index in [1.165, 1.54) is 24.3 Å². The number of nitrogens with zero attached hydrogens (tertiary/aromatic N) is 1. The lowest BCUT2D eigenvalue weighted by Crippen LogP contribution is -2.55. The molecule has 0 saturated carbocycles. The van der Waals surface area contributed by atoms with Gasteiger partial charge < -0.3 is 16.0 Å².